The van der Waals surface area contributed by atoms with E-state index in [0.717, 1.165) is 12.8 Å². The van der Waals surface area contributed by atoms with Crippen molar-refractivity contribution in [3.8, 4) is 0 Å². The van der Waals surface area contributed by atoms with Gasteiger partial charge in [-0.1, -0.05) is 0 Å². The van der Waals surface area contributed by atoms with E-state index in [1.54, 1.807) is 11.4 Å². The molecule has 0 unspecified atom stereocenters. The zero-order valence-electron chi connectivity index (χ0n) is 9.37. The topological polar surface area (TPSA) is 69.6 Å². The van der Waals surface area contributed by atoms with E-state index < -0.39 is 10.2 Å². The van der Waals surface area contributed by atoms with Crippen LogP contribution >= 0.6 is 11.3 Å². The molecule has 5 nitrogen and oxygen atoms in total. The maximum Gasteiger partial charge on any atom is 0.301 e. The summed E-state index contributed by atoms with van der Waals surface area (Å²) in [6.45, 7) is 1.10. The Hall–Kier alpha value is -0.630. The van der Waals surface area contributed by atoms with E-state index in [2.05, 4.69) is 4.72 Å². The number of rotatable bonds is 4. The molecule has 1 aromatic heterocycles. The standard InChI is InChI=1S/C10H16N2O3S2/c13-7-9-1-4-12(5-2-9)17(14,15)11-10-3-6-16-8-10/h3,6,8-9,11,13H,1-2,4-5,7H2. The van der Waals surface area contributed by atoms with Crippen molar-refractivity contribution in [2.45, 2.75) is 12.8 Å². The fourth-order valence-corrected chi connectivity index (χ4v) is 3.78. The second kappa shape index (κ2) is 5.34. The lowest BCUT2D eigenvalue weighted by molar-refractivity contribution is 0.170. The summed E-state index contributed by atoms with van der Waals surface area (Å²) in [6, 6.07) is 1.74. The highest BCUT2D eigenvalue weighted by molar-refractivity contribution is 7.90. The third kappa shape index (κ3) is 3.19. The molecule has 0 bridgehead atoms. The van der Waals surface area contributed by atoms with Gasteiger partial charge < -0.3 is 5.11 Å². The molecule has 7 heteroatoms. The van der Waals surface area contributed by atoms with Crippen LogP contribution in [0.15, 0.2) is 16.8 Å². The van der Waals surface area contributed by atoms with E-state index in [-0.39, 0.29) is 12.5 Å². The van der Waals surface area contributed by atoms with Gasteiger partial charge in [-0.3, -0.25) is 4.72 Å². The van der Waals surface area contributed by atoms with E-state index >= 15 is 0 Å². The van der Waals surface area contributed by atoms with Crippen LogP contribution in [0.3, 0.4) is 0 Å². The minimum atomic E-state index is -3.43. The molecule has 1 aliphatic heterocycles. The summed E-state index contributed by atoms with van der Waals surface area (Å²) in [5.74, 6) is 0.239. The molecular weight excluding hydrogens is 260 g/mol. The monoisotopic (exact) mass is 276 g/mol. The van der Waals surface area contributed by atoms with Crippen molar-refractivity contribution in [1.29, 1.82) is 0 Å². The maximum absolute atomic E-state index is 12.0. The molecule has 1 fully saturated rings. The number of nitrogens with zero attached hydrogens (tertiary/aromatic N) is 1. The van der Waals surface area contributed by atoms with E-state index in [4.69, 9.17) is 5.11 Å². The fraction of sp³-hybridized carbons (Fsp3) is 0.600. The predicted octanol–water partition coefficient (Wildman–Crippen LogP) is 1.11. The molecule has 2 N–H and O–H groups in total. The van der Waals surface area contributed by atoms with Gasteiger partial charge in [0, 0.05) is 25.1 Å². The zero-order valence-corrected chi connectivity index (χ0v) is 11.0. The van der Waals surface area contributed by atoms with Crippen LogP contribution in [0.1, 0.15) is 12.8 Å². The average Bonchev–Trinajstić information content (AvgIpc) is 2.81. The van der Waals surface area contributed by atoms with Gasteiger partial charge in [-0.05, 0) is 30.2 Å². The number of hydrogen-bond acceptors (Lipinski definition) is 4. The van der Waals surface area contributed by atoms with Crippen molar-refractivity contribution >= 4 is 27.2 Å². The highest BCUT2D eigenvalue weighted by Gasteiger charge is 2.27. The van der Waals surface area contributed by atoms with E-state index in [1.165, 1.54) is 15.6 Å². The van der Waals surface area contributed by atoms with Crippen LogP contribution in [0, 0.1) is 5.92 Å². The quantitative estimate of drug-likeness (QED) is 0.865. The number of piperidine rings is 1. The van der Waals surface area contributed by atoms with Gasteiger partial charge in [-0.15, -0.1) is 0 Å². The molecule has 0 atom stereocenters. The molecule has 0 saturated carbocycles. The number of hydrogen-bond donors (Lipinski definition) is 2. The van der Waals surface area contributed by atoms with E-state index in [9.17, 15) is 8.42 Å². The molecule has 0 aliphatic carbocycles. The number of nitrogens with one attached hydrogen (secondary N) is 1. The molecule has 17 heavy (non-hydrogen) atoms. The van der Waals surface area contributed by atoms with Gasteiger partial charge in [0.1, 0.15) is 0 Å². The van der Waals surface area contributed by atoms with Crippen molar-refractivity contribution in [3.05, 3.63) is 16.8 Å². The molecule has 1 aliphatic rings. The van der Waals surface area contributed by atoms with Crippen molar-refractivity contribution in [1.82, 2.24) is 4.31 Å². The second-order valence-corrected chi connectivity index (χ2v) is 6.59. The Morgan fingerprint density at radius 2 is 2.18 bits per heavy atom. The van der Waals surface area contributed by atoms with Crippen LogP contribution in [-0.2, 0) is 10.2 Å². The van der Waals surface area contributed by atoms with Gasteiger partial charge in [-0.25, -0.2) is 0 Å². The van der Waals surface area contributed by atoms with Crippen LogP contribution in [0.25, 0.3) is 0 Å². The summed E-state index contributed by atoms with van der Waals surface area (Å²) in [6.07, 6.45) is 1.45. The van der Waals surface area contributed by atoms with Crippen molar-refractivity contribution < 1.29 is 13.5 Å². The summed E-state index contributed by atoms with van der Waals surface area (Å²) in [5.41, 5.74) is 0.610. The molecule has 1 saturated heterocycles. The largest absolute Gasteiger partial charge is 0.396 e. The van der Waals surface area contributed by atoms with Gasteiger partial charge in [0.15, 0.2) is 0 Å². The van der Waals surface area contributed by atoms with Crippen LogP contribution < -0.4 is 4.72 Å². The lowest BCUT2D eigenvalue weighted by Crippen LogP contribution is -2.42. The third-order valence-corrected chi connectivity index (χ3v) is 5.16. The summed E-state index contributed by atoms with van der Waals surface area (Å²) in [5, 5.41) is 12.6. The highest BCUT2D eigenvalue weighted by Crippen LogP contribution is 2.21. The predicted molar refractivity (Wildman–Crippen MR) is 68.2 cm³/mol. The average molecular weight is 276 g/mol. The normalized spacial score (nSPS) is 19.4. The number of aliphatic hydroxyl groups excluding tert-OH is 1. The number of anilines is 1. The third-order valence-electron chi connectivity index (χ3n) is 2.94. The number of thiophene rings is 1. The van der Waals surface area contributed by atoms with Gasteiger partial charge in [0.2, 0.25) is 0 Å². The molecule has 0 radical (unpaired) electrons. The molecule has 1 aromatic rings. The van der Waals surface area contributed by atoms with Crippen LogP contribution in [-0.4, -0.2) is 37.5 Å². The van der Waals surface area contributed by atoms with E-state index in [1.807, 2.05) is 5.38 Å². The first-order chi connectivity index (χ1) is 8.12. The van der Waals surface area contributed by atoms with Gasteiger partial charge >= 0.3 is 10.2 Å². The first-order valence-electron chi connectivity index (χ1n) is 5.53. The summed E-state index contributed by atoms with van der Waals surface area (Å²) in [4.78, 5) is 0. The Morgan fingerprint density at radius 1 is 1.47 bits per heavy atom. The summed E-state index contributed by atoms with van der Waals surface area (Å²) >= 11 is 1.45. The Labute approximate surface area is 105 Å². The Kier molecular flexibility index (Phi) is 4.03. The van der Waals surface area contributed by atoms with E-state index in [0.29, 0.717) is 18.8 Å². The van der Waals surface area contributed by atoms with Crippen LogP contribution in [0.2, 0.25) is 0 Å². The van der Waals surface area contributed by atoms with Crippen molar-refractivity contribution in [2.24, 2.45) is 5.92 Å². The smallest absolute Gasteiger partial charge is 0.301 e. The lowest BCUT2D eigenvalue weighted by atomic mass is 10.00. The molecule has 0 aromatic carbocycles. The Bertz CT molecular complexity index is 436. The fourth-order valence-electron chi connectivity index (χ4n) is 1.87. The van der Waals surface area contributed by atoms with Gasteiger partial charge in [0.05, 0.1) is 5.69 Å². The molecule has 96 valence electrons. The minimum absolute atomic E-state index is 0.145. The zero-order chi connectivity index (χ0) is 12.3. The molecule has 2 heterocycles. The Morgan fingerprint density at radius 3 is 2.71 bits per heavy atom. The minimum Gasteiger partial charge on any atom is -0.396 e. The second-order valence-electron chi connectivity index (χ2n) is 4.14. The lowest BCUT2D eigenvalue weighted by Gasteiger charge is -2.30. The van der Waals surface area contributed by atoms with Gasteiger partial charge in [0.25, 0.3) is 0 Å². The summed E-state index contributed by atoms with van der Waals surface area (Å²) < 4.78 is 28.0. The number of aliphatic hydroxyl groups is 1. The first kappa shape index (κ1) is 12.8. The van der Waals surface area contributed by atoms with Crippen LogP contribution in [0.4, 0.5) is 5.69 Å². The Balaban J connectivity index is 1.97. The van der Waals surface area contributed by atoms with Crippen molar-refractivity contribution in [2.75, 3.05) is 24.4 Å². The molecule has 0 amide bonds. The first-order valence-corrected chi connectivity index (χ1v) is 7.91. The maximum atomic E-state index is 12.0. The summed E-state index contributed by atoms with van der Waals surface area (Å²) in [7, 11) is -3.43. The molecular formula is C10H16N2O3S2. The highest BCUT2D eigenvalue weighted by atomic mass is 32.2. The SMILES string of the molecule is O=S(=O)(Nc1ccsc1)N1CCC(CO)CC1. The van der Waals surface area contributed by atoms with Gasteiger partial charge in [-0.2, -0.15) is 24.1 Å². The van der Waals surface area contributed by atoms with Crippen molar-refractivity contribution in [3.63, 3.8) is 0 Å². The molecule has 2 rings (SSSR count). The van der Waals surface area contributed by atoms with Crippen LogP contribution in [0.5, 0.6) is 0 Å². The molecule has 0 spiro atoms.